The molecule has 0 saturated carbocycles. The lowest BCUT2D eigenvalue weighted by molar-refractivity contribution is 0.173. The van der Waals surface area contributed by atoms with Crippen LogP contribution in [0.25, 0.3) is 0 Å². The van der Waals surface area contributed by atoms with Gasteiger partial charge in [0.2, 0.25) is 0 Å². The molecule has 1 atom stereocenters. The van der Waals surface area contributed by atoms with E-state index in [1.54, 1.807) is 0 Å². The minimum absolute atomic E-state index is 0.00272. The average molecular weight is 366 g/mol. The highest BCUT2D eigenvalue weighted by atomic mass is 79.9. The summed E-state index contributed by atoms with van der Waals surface area (Å²) in [5.41, 5.74) is 0.359. The molecule has 1 unspecified atom stereocenters. The highest BCUT2D eigenvalue weighted by Crippen LogP contribution is 2.31. The van der Waals surface area contributed by atoms with Crippen molar-refractivity contribution in [2.45, 2.75) is 12.5 Å². The molecular formula is C14H9BrClF3O. The Morgan fingerprint density at radius 1 is 1.10 bits per heavy atom. The van der Waals surface area contributed by atoms with Crippen molar-refractivity contribution >= 4 is 27.5 Å². The molecule has 0 aromatic heterocycles. The van der Waals surface area contributed by atoms with Crippen LogP contribution in [0.3, 0.4) is 0 Å². The zero-order valence-corrected chi connectivity index (χ0v) is 12.4. The summed E-state index contributed by atoms with van der Waals surface area (Å²) in [6, 6.07) is 6.16. The molecule has 0 bridgehead atoms. The minimum Gasteiger partial charge on any atom is -0.388 e. The zero-order valence-electron chi connectivity index (χ0n) is 10.0. The third kappa shape index (κ3) is 3.16. The zero-order chi connectivity index (χ0) is 14.9. The van der Waals surface area contributed by atoms with Gasteiger partial charge in [0.15, 0.2) is 11.6 Å². The van der Waals surface area contributed by atoms with Crippen LogP contribution in [0.5, 0.6) is 0 Å². The first-order chi connectivity index (χ1) is 9.40. The fraction of sp³-hybridized carbons (Fsp3) is 0.143. The summed E-state index contributed by atoms with van der Waals surface area (Å²) in [5.74, 6) is -2.72. The first-order valence-corrected chi connectivity index (χ1v) is 6.82. The topological polar surface area (TPSA) is 20.2 Å². The molecule has 106 valence electrons. The second kappa shape index (κ2) is 6.16. The van der Waals surface area contributed by atoms with E-state index in [-0.39, 0.29) is 17.0 Å². The maximum absolute atomic E-state index is 13.9. The molecular weight excluding hydrogens is 357 g/mol. The van der Waals surface area contributed by atoms with E-state index in [0.29, 0.717) is 10.0 Å². The van der Waals surface area contributed by atoms with E-state index in [1.807, 2.05) is 0 Å². The van der Waals surface area contributed by atoms with Crippen LogP contribution in [0.1, 0.15) is 17.2 Å². The first kappa shape index (κ1) is 15.4. The SMILES string of the molecule is OC(Cc1ccc(F)c(F)c1)c1ccc(Br)c(Cl)c1F. The molecule has 2 rings (SSSR count). The molecule has 0 aliphatic heterocycles. The molecule has 0 aliphatic rings. The number of hydrogen-bond donors (Lipinski definition) is 1. The Balaban J connectivity index is 2.26. The van der Waals surface area contributed by atoms with Gasteiger partial charge in [-0.15, -0.1) is 0 Å². The number of benzene rings is 2. The van der Waals surface area contributed by atoms with Crippen LogP contribution in [-0.4, -0.2) is 5.11 Å². The van der Waals surface area contributed by atoms with Crippen molar-refractivity contribution in [1.29, 1.82) is 0 Å². The Morgan fingerprint density at radius 2 is 1.80 bits per heavy atom. The van der Waals surface area contributed by atoms with Crippen molar-refractivity contribution in [2.24, 2.45) is 0 Å². The first-order valence-electron chi connectivity index (χ1n) is 5.65. The quantitative estimate of drug-likeness (QED) is 0.775. The summed E-state index contributed by atoms with van der Waals surface area (Å²) in [6.07, 6.45) is -1.25. The van der Waals surface area contributed by atoms with Gasteiger partial charge in [0, 0.05) is 16.5 Å². The second-order valence-electron chi connectivity index (χ2n) is 4.23. The van der Waals surface area contributed by atoms with Crippen molar-refractivity contribution in [1.82, 2.24) is 0 Å². The smallest absolute Gasteiger partial charge is 0.159 e. The Labute approximate surface area is 127 Å². The van der Waals surface area contributed by atoms with Crippen molar-refractivity contribution < 1.29 is 18.3 Å². The van der Waals surface area contributed by atoms with Gasteiger partial charge in [-0.3, -0.25) is 0 Å². The van der Waals surface area contributed by atoms with Gasteiger partial charge in [0.1, 0.15) is 5.82 Å². The maximum Gasteiger partial charge on any atom is 0.159 e. The van der Waals surface area contributed by atoms with Crippen LogP contribution in [0.2, 0.25) is 5.02 Å². The van der Waals surface area contributed by atoms with E-state index < -0.39 is 23.6 Å². The molecule has 1 N–H and O–H groups in total. The summed E-state index contributed by atoms with van der Waals surface area (Å²) < 4.78 is 40.1. The van der Waals surface area contributed by atoms with Crippen LogP contribution in [0, 0.1) is 17.5 Å². The van der Waals surface area contributed by atoms with Crippen molar-refractivity contribution in [2.75, 3.05) is 0 Å². The number of rotatable bonds is 3. The summed E-state index contributed by atoms with van der Waals surface area (Å²) in [7, 11) is 0. The van der Waals surface area contributed by atoms with E-state index in [4.69, 9.17) is 11.6 Å². The van der Waals surface area contributed by atoms with Crippen LogP contribution in [0.4, 0.5) is 13.2 Å². The predicted molar refractivity (Wildman–Crippen MR) is 74.1 cm³/mol. The van der Waals surface area contributed by atoms with Crippen LogP contribution in [-0.2, 0) is 6.42 Å². The molecule has 2 aromatic rings. The Kier molecular flexibility index (Phi) is 4.73. The third-order valence-electron chi connectivity index (χ3n) is 2.84. The van der Waals surface area contributed by atoms with Gasteiger partial charge in [-0.25, -0.2) is 13.2 Å². The van der Waals surface area contributed by atoms with E-state index in [1.165, 1.54) is 18.2 Å². The van der Waals surface area contributed by atoms with E-state index >= 15 is 0 Å². The number of aliphatic hydroxyl groups excluding tert-OH is 1. The molecule has 1 nitrogen and oxygen atoms in total. The fourth-order valence-corrected chi connectivity index (χ4v) is 2.28. The van der Waals surface area contributed by atoms with Gasteiger partial charge < -0.3 is 5.11 Å². The maximum atomic E-state index is 13.9. The molecule has 0 radical (unpaired) electrons. The van der Waals surface area contributed by atoms with Crippen LogP contribution >= 0.6 is 27.5 Å². The largest absolute Gasteiger partial charge is 0.388 e. The van der Waals surface area contributed by atoms with Crippen molar-refractivity contribution in [3.8, 4) is 0 Å². The highest BCUT2D eigenvalue weighted by molar-refractivity contribution is 9.10. The Bertz CT molecular complexity index is 649. The van der Waals surface area contributed by atoms with Gasteiger partial charge in [0.25, 0.3) is 0 Å². The van der Waals surface area contributed by atoms with E-state index in [9.17, 15) is 18.3 Å². The lowest BCUT2D eigenvalue weighted by Crippen LogP contribution is -2.05. The standard InChI is InChI=1S/C14H9BrClF3O/c15-9-3-2-8(14(19)13(9)16)12(20)6-7-1-4-10(17)11(18)5-7/h1-5,12,20H,6H2. The summed E-state index contributed by atoms with van der Waals surface area (Å²) in [5, 5.41) is 9.87. The molecule has 0 fully saturated rings. The molecule has 20 heavy (non-hydrogen) atoms. The lowest BCUT2D eigenvalue weighted by atomic mass is 10.0. The Morgan fingerprint density at radius 3 is 2.45 bits per heavy atom. The van der Waals surface area contributed by atoms with Crippen LogP contribution < -0.4 is 0 Å². The molecule has 0 spiro atoms. The second-order valence-corrected chi connectivity index (χ2v) is 5.47. The minimum atomic E-state index is -1.20. The van der Waals surface area contributed by atoms with E-state index in [0.717, 1.165) is 12.1 Å². The van der Waals surface area contributed by atoms with Gasteiger partial charge in [-0.1, -0.05) is 23.7 Å². The van der Waals surface area contributed by atoms with Crippen molar-refractivity contribution in [3.63, 3.8) is 0 Å². The molecule has 6 heteroatoms. The van der Waals surface area contributed by atoms with Gasteiger partial charge in [-0.2, -0.15) is 0 Å². The fourth-order valence-electron chi connectivity index (χ4n) is 1.80. The molecule has 0 heterocycles. The van der Waals surface area contributed by atoms with Gasteiger partial charge in [-0.05, 0) is 39.7 Å². The molecule has 0 saturated heterocycles. The van der Waals surface area contributed by atoms with Crippen LogP contribution in [0.15, 0.2) is 34.8 Å². The number of aliphatic hydroxyl groups is 1. The number of halogens is 5. The third-order valence-corrected chi connectivity index (χ3v) is 4.10. The van der Waals surface area contributed by atoms with Gasteiger partial charge in [0.05, 0.1) is 11.1 Å². The lowest BCUT2D eigenvalue weighted by Gasteiger charge is -2.13. The molecule has 2 aromatic carbocycles. The van der Waals surface area contributed by atoms with Gasteiger partial charge >= 0.3 is 0 Å². The van der Waals surface area contributed by atoms with Crippen molar-refractivity contribution in [3.05, 3.63) is 68.4 Å². The number of hydrogen-bond acceptors (Lipinski definition) is 1. The normalized spacial score (nSPS) is 12.5. The Hall–Kier alpha value is -1.04. The molecule has 0 amide bonds. The summed E-state index contributed by atoms with van der Waals surface area (Å²) >= 11 is 8.80. The highest BCUT2D eigenvalue weighted by Gasteiger charge is 2.18. The molecule has 0 aliphatic carbocycles. The summed E-state index contributed by atoms with van der Waals surface area (Å²) in [4.78, 5) is 0. The summed E-state index contributed by atoms with van der Waals surface area (Å²) in [6.45, 7) is 0. The predicted octanol–water partition coefficient (Wildman–Crippen LogP) is 4.80. The monoisotopic (exact) mass is 364 g/mol. The van der Waals surface area contributed by atoms with E-state index in [2.05, 4.69) is 15.9 Å². The average Bonchev–Trinajstić information content (AvgIpc) is 2.40.